The van der Waals surface area contributed by atoms with E-state index < -0.39 is 12.0 Å². The Morgan fingerprint density at radius 3 is 2.81 bits per heavy atom. The molecule has 2 aromatic rings. The van der Waals surface area contributed by atoms with E-state index in [2.05, 4.69) is 10.3 Å². The molecule has 0 aliphatic rings. The molecule has 2 rings (SSSR count). The third-order valence-corrected chi connectivity index (χ3v) is 2.95. The van der Waals surface area contributed by atoms with Crippen molar-refractivity contribution in [3.63, 3.8) is 0 Å². The Balaban J connectivity index is 2.09. The number of oxazole rings is 1. The summed E-state index contributed by atoms with van der Waals surface area (Å²) in [7, 11) is 1.48. The average molecular weight is 290 g/mol. The number of nitrogens with zero attached hydrogens (tertiary/aromatic N) is 1. The van der Waals surface area contributed by atoms with E-state index >= 15 is 0 Å². The number of nitrogens with one attached hydrogen (secondary N) is 1. The van der Waals surface area contributed by atoms with Gasteiger partial charge in [-0.25, -0.2) is 4.98 Å². The number of hydrogen-bond acceptors (Lipinski definition) is 5. The number of ether oxygens (including phenoxy) is 1. The first-order valence-electron chi connectivity index (χ1n) is 6.57. The molecule has 0 bridgehead atoms. The standard InChI is InChI=1S/C15H18N2O4/c1-10-3-5-11(6-4-10)14-13(17-9-21-14)15(19)16-7-12(18)8-20-2/h3-6,9,12,18H,7-8H2,1-2H3,(H,16,19). The van der Waals surface area contributed by atoms with Crippen LogP contribution < -0.4 is 5.32 Å². The Hall–Kier alpha value is -2.18. The Bertz CT molecular complexity index is 592. The van der Waals surface area contributed by atoms with Crippen LogP contribution in [0.1, 0.15) is 16.1 Å². The van der Waals surface area contributed by atoms with Crippen LogP contribution in [0.5, 0.6) is 0 Å². The molecule has 0 aliphatic carbocycles. The lowest BCUT2D eigenvalue weighted by molar-refractivity contribution is 0.0609. The summed E-state index contributed by atoms with van der Waals surface area (Å²) in [6.45, 7) is 2.23. The monoisotopic (exact) mass is 290 g/mol. The van der Waals surface area contributed by atoms with Crippen molar-refractivity contribution in [3.05, 3.63) is 41.9 Å². The van der Waals surface area contributed by atoms with Gasteiger partial charge in [-0.15, -0.1) is 0 Å². The van der Waals surface area contributed by atoms with Crippen LogP contribution in [-0.2, 0) is 4.74 Å². The highest BCUT2D eigenvalue weighted by molar-refractivity contribution is 5.97. The molecule has 0 saturated heterocycles. The zero-order valence-corrected chi connectivity index (χ0v) is 12.0. The number of aliphatic hydroxyl groups excluding tert-OH is 1. The van der Waals surface area contributed by atoms with Gasteiger partial charge in [0.15, 0.2) is 17.8 Å². The molecular formula is C15H18N2O4. The lowest BCUT2D eigenvalue weighted by Gasteiger charge is -2.10. The topological polar surface area (TPSA) is 84.6 Å². The van der Waals surface area contributed by atoms with Gasteiger partial charge >= 0.3 is 0 Å². The van der Waals surface area contributed by atoms with E-state index in [1.807, 2.05) is 31.2 Å². The van der Waals surface area contributed by atoms with Crippen LogP contribution in [-0.4, -0.2) is 42.4 Å². The van der Waals surface area contributed by atoms with E-state index in [-0.39, 0.29) is 18.8 Å². The first kappa shape index (κ1) is 15.2. The third-order valence-electron chi connectivity index (χ3n) is 2.95. The predicted octanol–water partition coefficient (Wildman–Crippen LogP) is 1.39. The van der Waals surface area contributed by atoms with Gasteiger partial charge in [0.05, 0.1) is 12.7 Å². The molecular weight excluding hydrogens is 272 g/mol. The number of aryl methyl sites for hydroxylation is 1. The van der Waals surface area contributed by atoms with Crippen molar-refractivity contribution in [2.75, 3.05) is 20.3 Å². The van der Waals surface area contributed by atoms with Crippen LogP contribution in [0.2, 0.25) is 0 Å². The molecule has 0 spiro atoms. The number of aliphatic hydroxyl groups is 1. The van der Waals surface area contributed by atoms with Crippen LogP contribution in [0, 0.1) is 6.92 Å². The number of carbonyl (C=O) groups is 1. The Kier molecular flexibility index (Phi) is 5.08. The second-order valence-corrected chi connectivity index (χ2v) is 4.72. The lowest BCUT2D eigenvalue weighted by Crippen LogP contribution is -2.34. The van der Waals surface area contributed by atoms with E-state index in [1.165, 1.54) is 13.5 Å². The van der Waals surface area contributed by atoms with Crippen LogP contribution in [0.3, 0.4) is 0 Å². The van der Waals surface area contributed by atoms with Crippen molar-refractivity contribution in [2.24, 2.45) is 0 Å². The summed E-state index contributed by atoms with van der Waals surface area (Å²) < 4.78 is 10.1. The van der Waals surface area contributed by atoms with Crippen molar-refractivity contribution in [1.29, 1.82) is 0 Å². The fourth-order valence-corrected chi connectivity index (χ4v) is 1.86. The molecule has 6 nitrogen and oxygen atoms in total. The van der Waals surface area contributed by atoms with E-state index in [0.717, 1.165) is 11.1 Å². The summed E-state index contributed by atoms with van der Waals surface area (Å²) in [6.07, 6.45) is 0.476. The molecule has 112 valence electrons. The van der Waals surface area contributed by atoms with Crippen LogP contribution in [0.15, 0.2) is 35.1 Å². The molecule has 1 heterocycles. The molecule has 1 atom stereocenters. The van der Waals surface area contributed by atoms with Gasteiger partial charge in [0.1, 0.15) is 0 Å². The van der Waals surface area contributed by atoms with E-state index in [1.54, 1.807) is 0 Å². The average Bonchev–Trinajstić information content (AvgIpc) is 2.95. The second-order valence-electron chi connectivity index (χ2n) is 4.72. The minimum Gasteiger partial charge on any atom is -0.443 e. The van der Waals surface area contributed by atoms with Crippen molar-refractivity contribution in [2.45, 2.75) is 13.0 Å². The Morgan fingerprint density at radius 1 is 1.43 bits per heavy atom. The summed E-state index contributed by atoms with van der Waals surface area (Å²) in [6, 6.07) is 7.60. The molecule has 0 radical (unpaired) electrons. The first-order valence-corrected chi connectivity index (χ1v) is 6.57. The van der Waals surface area contributed by atoms with Gasteiger partial charge in [-0.2, -0.15) is 0 Å². The molecule has 6 heteroatoms. The number of carbonyl (C=O) groups excluding carboxylic acids is 1. The first-order chi connectivity index (χ1) is 10.1. The number of methoxy groups -OCH3 is 1. The summed E-state index contributed by atoms with van der Waals surface area (Å²) in [5.41, 5.74) is 2.09. The normalized spacial score (nSPS) is 12.1. The van der Waals surface area contributed by atoms with Gasteiger partial charge in [-0.05, 0) is 6.92 Å². The molecule has 1 amide bonds. The van der Waals surface area contributed by atoms with Crippen LogP contribution in [0.25, 0.3) is 11.3 Å². The highest BCUT2D eigenvalue weighted by atomic mass is 16.5. The summed E-state index contributed by atoms with van der Waals surface area (Å²) in [4.78, 5) is 16.0. The highest BCUT2D eigenvalue weighted by Gasteiger charge is 2.18. The van der Waals surface area contributed by atoms with Crippen molar-refractivity contribution < 1.29 is 19.1 Å². The molecule has 1 aromatic carbocycles. The van der Waals surface area contributed by atoms with Gasteiger partial charge < -0.3 is 19.6 Å². The molecule has 0 aliphatic heterocycles. The summed E-state index contributed by atoms with van der Waals surface area (Å²) >= 11 is 0. The summed E-state index contributed by atoms with van der Waals surface area (Å²) in [5, 5.41) is 12.1. The van der Waals surface area contributed by atoms with Gasteiger partial charge in [0.25, 0.3) is 5.91 Å². The zero-order valence-electron chi connectivity index (χ0n) is 12.0. The van der Waals surface area contributed by atoms with E-state index in [9.17, 15) is 9.90 Å². The fourth-order valence-electron chi connectivity index (χ4n) is 1.86. The van der Waals surface area contributed by atoms with Crippen molar-refractivity contribution in [1.82, 2.24) is 10.3 Å². The maximum absolute atomic E-state index is 12.1. The Labute approximate surface area is 122 Å². The largest absolute Gasteiger partial charge is 0.443 e. The number of amides is 1. The summed E-state index contributed by atoms with van der Waals surface area (Å²) in [5.74, 6) is 0.0169. The van der Waals surface area contributed by atoms with Crippen molar-refractivity contribution in [3.8, 4) is 11.3 Å². The third kappa shape index (κ3) is 3.90. The number of rotatable bonds is 6. The van der Waals surface area contributed by atoms with Gasteiger partial charge in [-0.1, -0.05) is 29.8 Å². The molecule has 0 fully saturated rings. The molecule has 21 heavy (non-hydrogen) atoms. The maximum atomic E-state index is 12.1. The zero-order chi connectivity index (χ0) is 15.2. The van der Waals surface area contributed by atoms with Gasteiger partial charge in [-0.3, -0.25) is 4.79 Å². The predicted molar refractivity (Wildman–Crippen MR) is 76.9 cm³/mol. The quantitative estimate of drug-likeness (QED) is 0.839. The molecule has 2 N–H and O–H groups in total. The SMILES string of the molecule is COCC(O)CNC(=O)c1ncoc1-c1ccc(C)cc1. The van der Waals surface area contributed by atoms with E-state index in [0.29, 0.717) is 5.76 Å². The molecule has 1 aromatic heterocycles. The minimum absolute atomic E-state index is 0.0901. The molecule has 0 saturated carbocycles. The Morgan fingerprint density at radius 2 is 2.14 bits per heavy atom. The van der Waals surface area contributed by atoms with Crippen LogP contribution in [0.4, 0.5) is 0 Å². The fraction of sp³-hybridized carbons (Fsp3) is 0.333. The smallest absolute Gasteiger partial charge is 0.274 e. The van der Waals surface area contributed by atoms with Crippen molar-refractivity contribution >= 4 is 5.91 Å². The molecule has 1 unspecified atom stereocenters. The van der Waals surface area contributed by atoms with Crippen LogP contribution >= 0.6 is 0 Å². The van der Waals surface area contributed by atoms with E-state index in [4.69, 9.17) is 9.15 Å². The lowest BCUT2D eigenvalue weighted by atomic mass is 10.1. The maximum Gasteiger partial charge on any atom is 0.274 e. The van der Waals surface area contributed by atoms with Gasteiger partial charge in [0.2, 0.25) is 0 Å². The second kappa shape index (κ2) is 7.01. The number of aromatic nitrogens is 1. The highest BCUT2D eigenvalue weighted by Crippen LogP contribution is 2.23. The van der Waals surface area contributed by atoms with Gasteiger partial charge in [0, 0.05) is 19.2 Å². The minimum atomic E-state index is -0.756. The number of benzene rings is 1. The number of hydrogen-bond donors (Lipinski definition) is 2.